The third kappa shape index (κ3) is 10.9. The number of methoxy groups -OCH3 is 1. The van der Waals surface area contributed by atoms with Crippen LogP contribution in [0.15, 0.2) is 60.7 Å². The van der Waals surface area contributed by atoms with E-state index in [1.165, 1.54) is 7.11 Å². The summed E-state index contributed by atoms with van der Waals surface area (Å²) in [5.74, 6) is 0.411. The molecule has 2 heterocycles. The molecule has 2 saturated carbocycles. The lowest BCUT2D eigenvalue weighted by atomic mass is 9.72. The average Bonchev–Trinajstić information content (AvgIpc) is 3.19. The van der Waals surface area contributed by atoms with Crippen LogP contribution in [-0.4, -0.2) is 72.3 Å². The van der Waals surface area contributed by atoms with Crippen molar-refractivity contribution in [3.8, 4) is 11.5 Å². The number of fused-ring (bicyclic) bond motifs is 2. The zero-order valence-electron chi connectivity index (χ0n) is 37.3. The number of carbonyl (C=O) groups excluding carboxylic acids is 1. The fourth-order valence-electron chi connectivity index (χ4n) is 9.86. The van der Waals surface area contributed by atoms with Gasteiger partial charge < -0.3 is 19.3 Å². The monoisotopic (exact) mass is 840 g/mol. The van der Waals surface area contributed by atoms with Crippen LogP contribution in [0.4, 0.5) is 8.78 Å². The quantitative estimate of drug-likeness (QED) is 0.158. The van der Waals surface area contributed by atoms with E-state index in [1.54, 1.807) is 12.1 Å². The minimum absolute atomic E-state index is 0.0268. The van der Waals surface area contributed by atoms with Gasteiger partial charge in [-0.05, 0) is 120 Å². The molecule has 0 amide bonds. The number of aliphatic carboxylic acids is 1. The van der Waals surface area contributed by atoms with Crippen molar-refractivity contribution in [1.82, 2.24) is 9.80 Å². The number of halogens is 2. The largest absolute Gasteiger partial charge is 0.487 e. The van der Waals surface area contributed by atoms with Gasteiger partial charge in [-0.15, -0.1) is 0 Å². The van der Waals surface area contributed by atoms with Crippen molar-refractivity contribution in [2.75, 3.05) is 33.3 Å². The number of ether oxygens (including phenoxy) is 3. The fourth-order valence-corrected chi connectivity index (χ4v) is 9.86. The fraction of sp³-hybridized carbons (Fsp3) is 0.569. The number of hydrogen-bond acceptors (Lipinski definition) is 7. The predicted molar refractivity (Wildman–Crippen MR) is 237 cm³/mol. The van der Waals surface area contributed by atoms with E-state index in [0.29, 0.717) is 77.7 Å². The smallest absolute Gasteiger partial charge is 0.311 e. The molecular formula is C51H66F2N2O6. The number of likely N-dealkylation sites (tertiary alicyclic amines) is 2. The summed E-state index contributed by atoms with van der Waals surface area (Å²) in [5.41, 5.74) is 2.83. The SMILES string of the molecule is CC(C)(C)C1CCC(Oc2ccc3cc(CN4CC(C(=O)O)C4)ccc3c2F)CC1.COC(=O)C1CN(Cc2ccc3c(F)c(OC4CCC(C(C)(C)C)CC4)ccc3c2)C1. The number of rotatable bonds is 10. The zero-order chi connectivity index (χ0) is 43.6. The van der Waals surface area contributed by atoms with Crippen LogP contribution in [0.3, 0.4) is 0 Å². The Bertz CT molecular complexity index is 2170. The highest BCUT2D eigenvalue weighted by Crippen LogP contribution is 2.41. The molecule has 61 heavy (non-hydrogen) atoms. The van der Waals surface area contributed by atoms with Crippen molar-refractivity contribution >= 4 is 33.5 Å². The van der Waals surface area contributed by atoms with Gasteiger partial charge in [-0.3, -0.25) is 19.4 Å². The summed E-state index contributed by atoms with van der Waals surface area (Å²) < 4.78 is 47.2. The molecule has 0 radical (unpaired) electrons. The van der Waals surface area contributed by atoms with Crippen LogP contribution in [0.2, 0.25) is 0 Å². The first-order valence-corrected chi connectivity index (χ1v) is 22.5. The lowest BCUT2D eigenvalue weighted by Crippen LogP contribution is -2.49. The van der Waals surface area contributed by atoms with Crippen LogP contribution in [0.1, 0.15) is 104 Å². The van der Waals surface area contributed by atoms with E-state index in [0.717, 1.165) is 79.8 Å². The molecular weight excluding hydrogens is 775 g/mol. The molecule has 330 valence electrons. The van der Waals surface area contributed by atoms with Crippen molar-refractivity contribution in [3.63, 3.8) is 0 Å². The lowest BCUT2D eigenvalue weighted by Gasteiger charge is -2.37. The molecule has 2 aliphatic carbocycles. The summed E-state index contributed by atoms with van der Waals surface area (Å²) in [7, 11) is 1.43. The zero-order valence-corrected chi connectivity index (χ0v) is 37.3. The molecule has 8 nitrogen and oxygen atoms in total. The van der Waals surface area contributed by atoms with Crippen LogP contribution in [-0.2, 0) is 27.4 Å². The maximum atomic E-state index is 15.2. The van der Waals surface area contributed by atoms with Gasteiger partial charge in [-0.2, -0.15) is 0 Å². The highest BCUT2D eigenvalue weighted by atomic mass is 19.1. The van der Waals surface area contributed by atoms with Gasteiger partial charge in [0.1, 0.15) is 0 Å². The molecule has 4 aromatic carbocycles. The van der Waals surface area contributed by atoms with Crippen molar-refractivity contribution in [2.45, 2.75) is 118 Å². The Kier molecular flexibility index (Phi) is 13.6. The third-order valence-electron chi connectivity index (χ3n) is 14.0. The van der Waals surface area contributed by atoms with Crippen LogP contribution in [0.5, 0.6) is 11.5 Å². The van der Waals surface area contributed by atoms with Crippen molar-refractivity contribution in [1.29, 1.82) is 0 Å². The molecule has 0 unspecified atom stereocenters. The second-order valence-electron chi connectivity index (χ2n) is 20.4. The topological polar surface area (TPSA) is 88.5 Å². The van der Waals surface area contributed by atoms with E-state index >= 15 is 8.78 Å². The van der Waals surface area contributed by atoms with Crippen molar-refractivity contribution < 1.29 is 37.7 Å². The van der Waals surface area contributed by atoms with Gasteiger partial charge in [0.2, 0.25) is 0 Å². The summed E-state index contributed by atoms with van der Waals surface area (Å²) in [6, 6.07) is 19.0. The minimum Gasteiger partial charge on any atom is -0.487 e. The van der Waals surface area contributed by atoms with E-state index < -0.39 is 5.97 Å². The standard InChI is InChI=1S/C26H34FNO3.C25H32FNO3/c1-26(2,3)20-7-9-21(10-8-20)31-23-12-6-18-13-17(5-11-22(18)24(23)27)14-28-15-19(16-28)25(29)30-4;1-25(2,3)19-6-8-20(9-7-19)30-22-11-5-17-12-16(4-10-21(17)23(22)26)13-27-14-18(15-27)24(28)29/h5-6,11-13,19-21H,7-10,14-16H2,1-4H3;4-5,10-12,18-20H,6-9,13-15H2,1-3H3,(H,28,29). The van der Waals surface area contributed by atoms with Gasteiger partial charge in [0, 0.05) is 50.0 Å². The Morgan fingerprint density at radius 3 is 1.36 bits per heavy atom. The summed E-state index contributed by atoms with van der Waals surface area (Å²) >= 11 is 0. The van der Waals surface area contributed by atoms with Gasteiger partial charge in [-0.25, -0.2) is 8.78 Å². The van der Waals surface area contributed by atoms with Crippen LogP contribution in [0, 0.1) is 46.1 Å². The number of carboxylic acid groups (broad SMARTS) is 1. The minimum atomic E-state index is -0.730. The van der Waals surface area contributed by atoms with Gasteiger partial charge in [0.25, 0.3) is 0 Å². The van der Waals surface area contributed by atoms with Gasteiger partial charge in [0.05, 0.1) is 31.2 Å². The first-order chi connectivity index (χ1) is 28.9. The lowest BCUT2D eigenvalue weighted by molar-refractivity contribution is -0.151. The highest BCUT2D eigenvalue weighted by Gasteiger charge is 2.35. The molecule has 0 bridgehead atoms. The Morgan fingerprint density at radius 2 is 1.00 bits per heavy atom. The number of benzene rings is 4. The maximum absolute atomic E-state index is 15.2. The summed E-state index contributed by atoms with van der Waals surface area (Å²) in [6.45, 7) is 17.8. The van der Waals surface area contributed by atoms with Crippen molar-refractivity contribution in [3.05, 3.63) is 83.4 Å². The Labute approximate surface area is 360 Å². The van der Waals surface area contributed by atoms with E-state index in [9.17, 15) is 9.59 Å². The second kappa shape index (κ2) is 18.6. The molecule has 4 aromatic rings. The molecule has 4 aliphatic rings. The average molecular weight is 841 g/mol. The van der Waals surface area contributed by atoms with Gasteiger partial charge in [-0.1, -0.05) is 77.9 Å². The van der Waals surface area contributed by atoms with Crippen molar-refractivity contribution in [2.24, 2.45) is 34.5 Å². The Hall–Kier alpha value is -4.28. The number of esters is 1. The molecule has 10 heteroatoms. The molecule has 2 aliphatic heterocycles. The van der Waals surface area contributed by atoms with E-state index in [-0.39, 0.29) is 41.6 Å². The molecule has 2 saturated heterocycles. The van der Waals surface area contributed by atoms with Gasteiger partial charge in [0.15, 0.2) is 23.1 Å². The Morgan fingerprint density at radius 1 is 0.607 bits per heavy atom. The van der Waals surface area contributed by atoms with Crippen LogP contribution in [0.25, 0.3) is 21.5 Å². The number of carboxylic acids is 1. The molecule has 8 rings (SSSR count). The first-order valence-electron chi connectivity index (χ1n) is 22.5. The van der Waals surface area contributed by atoms with Crippen LogP contribution < -0.4 is 9.47 Å². The van der Waals surface area contributed by atoms with E-state index in [4.69, 9.17) is 19.3 Å². The summed E-state index contributed by atoms with van der Waals surface area (Å²) in [5, 5.41) is 11.9. The first kappa shape index (κ1) is 44.8. The predicted octanol–water partition coefficient (Wildman–Crippen LogP) is 11.0. The Balaban J connectivity index is 0.000000184. The summed E-state index contributed by atoms with van der Waals surface area (Å²) in [4.78, 5) is 26.8. The molecule has 0 atom stereocenters. The molecule has 4 fully saturated rings. The third-order valence-corrected chi connectivity index (χ3v) is 14.0. The molecule has 0 aromatic heterocycles. The van der Waals surface area contributed by atoms with Gasteiger partial charge >= 0.3 is 11.9 Å². The molecule has 1 N–H and O–H groups in total. The number of hydrogen-bond donors (Lipinski definition) is 1. The van der Waals surface area contributed by atoms with Crippen LogP contribution >= 0.6 is 0 Å². The maximum Gasteiger partial charge on any atom is 0.311 e. The number of nitrogens with zero attached hydrogens (tertiary/aromatic N) is 2. The second-order valence-corrected chi connectivity index (χ2v) is 20.4. The number of carbonyl (C=O) groups is 2. The summed E-state index contributed by atoms with van der Waals surface area (Å²) in [6.07, 6.45) is 8.65. The van der Waals surface area contributed by atoms with E-state index in [2.05, 4.69) is 51.3 Å². The molecule has 0 spiro atoms. The normalized spacial score (nSPS) is 23.1. The highest BCUT2D eigenvalue weighted by molar-refractivity contribution is 5.86. The van der Waals surface area contributed by atoms with E-state index in [1.807, 2.05) is 48.5 Å².